The Morgan fingerprint density at radius 2 is 2.16 bits per heavy atom. The van der Waals surface area contributed by atoms with E-state index in [1.54, 1.807) is 11.6 Å². The molecule has 1 amide bonds. The summed E-state index contributed by atoms with van der Waals surface area (Å²) in [6, 6.07) is 0. The van der Waals surface area contributed by atoms with Crippen molar-refractivity contribution in [1.82, 2.24) is 20.0 Å². The average Bonchev–Trinajstić information content (AvgIpc) is 2.54. The smallest absolute Gasteiger partial charge is 0.241 e. The van der Waals surface area contributed by atoms with Gasteiger partial charge in [-0.25, -0.2) is 0 Å². The molecule has 108 valence electrons. The summed E-state index contributed by atoms with van der Waals surface area (Å²) in [5.74, 6) is -0.194. The second-order valence-corrected chi connectivity index (χ2v) is 5.24. The summed E-state index contributed by atoms with van der Waals surface area (Å²) in [7, 11) is 3.73. The van der Waals surface area contributed by atoms with Crippen molar-refractivity contribution in [3.63, 3.8) is 0 Å². The molecule has 6 nitrogen and oxygen atoms in total. The lowest BCUT2D eigenvalue weighted by atomic mass is 10.3. The molecule has 2 N–H and O–H groups in total. The van der Waals surface area contributed by atoms with Crippen molar-refractivity contribution in [1.29, 1.82) is 0 Å². The molecule has 1 aromatic rings. The van der Waals surface area contributed by atoms with Gasteiger partial charge in [0.1, 0.15) is 6.54 Å². The molecule has 1 heterocycles. The average molecular weight is 289 g/mol. The minimum Gasteiger partial charge on any atom is -0.390 e. The predicted octanol–water partition coefficient (Wildman–Crippen LogP) is 0.192. The van der Waals surface area contributed by atoms with Gasteiger partial charge >= 0.3 is 0 Å². The first-order chi connectivity index (χ1) is 8.81. The zero-order valence-electron chi connectivity index (χ0n) is 11.8. The molecular formula is C12H21ClN4O2. The highest BCUT2D eigenvalue weighted by Crippen LogP contribution is 2.18. The van der Waals surface area contributed by atoms with Crippen LogP contribution in [-0.4, -0.2) is 59.0 Å². The number of aromatic nitrogens is 2. The van der Waals surface area contributed by atoms with Gasteiger partial charge in [0.25, 0.3) is 0 Å². The Bertz CT molecular complexity index is 445. The van der Waals surface area contributed by atoms with E-state index in [1.807, 2.05) is 25.9 Å². The lowest BCUT2D eigenvalue weighted by Gasteiger charge is -2.16. The first-order valence-electron chi connectivity index (χ1n) is 6.10. The molecule has 19 heavy (non-hydrogen) atoms. The number of carbonyl (C=O) groups is 1. The van der Waals surface area contributed by atoms with Crippen LogP contribution < -0.4 is 5.32 Å². The number of halogens is 1. The third-order valence-corrected chi connectivity index (χ3v) is 3.24. The fraction of sp³-hybridized carbons (Fsp3) is 0.667. The highest BCUT2D eigenvalue weighted by molar-refractivity contribution is 6.31. The SMILES string of the molecule is Cc1nn(CC(=O)NCC(O)CN(C)C)c(C)c1Cl. The van der Waals surface area contributed by atoms with Gasteiger partial charge in [-0.3, -0.25) is 9.48 Å². The number of carbonyl (C=O) groups excluding carboxylic acids is 1. The van der Waals surface area contributed by atoms with E-state index in [9.17, 15) is 9.90 Å². The van der Waals surface area contributed by atoms with Gasteiger partial charge in [-0.05, 0) is 27.9 Å². The minimum atomic E-state index is -0.581. The van der Waals surface area contributed by atoms with Gasteiger partial charge in [-0.1, -0.05) is 11.6 Å². The van der Waals surface area contributed by atoms with E-state index in [0.29, 0.717) is 17.3 Å². The van der Waals surface area contributed by atoms with Crippen molar-refractivity contribution < 1.29 is 9.90 Å². The van der Waals surface area contributed by atoms with Gasteiger partial charge in [-0.15, -0.1) is 0 Å². The standard InChI is InChI=1S/C12H21ClN4O2/c1-8-12(13)9(2)17(15-8)7-11(19)14-5-10(18)6-16(3)4/h10,18H,5-7H2,1-4H3,(H,14,19). The number of hydrogen-bond acceptors (Lipinski definition) is 4. The molecule has 0 saturated carbocycles. The van der Waals surface area contributed by atoms with Gasteiger partial charge in [0.05, 0.1) is 22.5 Å². The Hall–Kier alpha value is -1.11. The van der Waals surface area contributed by atoms with Crippen LogP contribution in [0.2, 0.25) is 5.02 Å². The van der Waals surface area contributed by atoms with E-state index in [-0.39, 0.29) is 19.0 Å². The Morgan fingerprint density at radius 1 is 1.53 bits per heavy atom. The molecule has 1 rings (SSSR count). The fourth-order valence-electron chi connectivity index (χ4n) is 1.74. The van der Waals surface area contributed by atoms with Crippen LogP contribution >= 0.6 is 11.6 Å². The minimum absolute atomic E-state index is 0.105. The molecule has 0 aromatic carbocycles. The molecule has 0 aliphatic heterocycles. The Morgan fingerprint density at radius 3 is 2.63 bits per heavy atom. The number of aryl methyl sites for hydroxylation is 1. The second-order valence-electron chi connectivity index (χ2n) is 4.86. The van der Waals surface area contributed by atoms with Gasteiger partial charge < -0.3 is 15.3 Å². The third kappa shape index (κ3) is 4.81. The van der Waals surface area contributed by atoms with Crippen LogP contribution in [0.5, 0.6) is 0 Å². The van der Waals surface area contributed by atoms with Crippen molar-refractivity contribution in [2.45, 2.75) is 26.5 Å². The van der Waals surface area contributed by atoms with E-state index < -0.39 is 6.10 Å². The molecular weight excluding hydrogens is 268 g/mol. The van der Waals surface area contributed by atoms with E-state index in [2.05, 4.69) is 10.4 Å². The highest BCUT2D eigenvalue weighted by atomic mass is 35.5. The van der Waals surface area contributed by atoms with Crippen LogP contribution in [0.15, 0.2) is 0 Å². The number of nitrogens with one attached hydrogen (secondary N) is 1. The van der Waals surface area contributed by atoms with Crippen molar-refractivity contribution in [2.75, 3.05) is 27.2 Å². The first kappa shape index (κ1) is 15.9. The number of nitrogens with zero attached hydrogens (tertiary/aromatic N) is 3. The van der Waals surface area contributed by atoms with Crippen LogP contribution in [0.1, 0.15) is 11.4 Å². The molecule has 0 fully saturated rings. The molecule has 0 saturated heterocycles. The Labute approximate surface area is 118 Å². The predicted molar refractivity (Wildman–Crippen MR) is 74.3 cm³/mol. The lowest BCUT2D eigenvalue weighted by molar-refractivity contribution is -0.122. The Balaban J connectivity index is 2.45. The summed E-state index contributed by atoms with van der Waals surface area (Å²) in [6.07, 6.45) is -0.581. The molecule has 1 atom stereocenters. The van der Waals surface area contributed by atoms with Crippen LogP contribution in [0.4, 0.5) is 0 Å². The Kier molecular flexibility index (Phi) is 5.78. The topological polar surface area (TPSA) is 70.4 Å². The van der Waals surface area contributed by atoms with Gasteiger partial charge in [0, 0.05) is 13.1 Å². The van der Waals surface area contributed by atoms with Crippen molar-refractivity contribution in [2.24, 2.45) is 0 Å². The van der Waals surface area contributed by atoms with E-state index in [0.717, 1.165) is 5.69 Å². The number of aliphatic hydroxyl groups excluding tert-OH is 1. The molecule has 0 bridgehead atoms. The molecule has 0 aliphatic carbocycles. The largest absolute Gasteiger partial charge is 0.390 e. The van der Waals surface area contributed by atoms with Crippen molar-refractivity contribution >= 4 is 17.5 Å². The molecule has 0 radical (unpaired) electrons. The summed E-state index contributed by atoms with van der Waals surface area (Å²) >= 11 is 6.01. The summed E-state index contributed by atoms with van der Waals surface area (Å²) in [5.41, 5.74) is 1.47. The fourth-order valence-corrected chi connectivity index (χ4v) is 1.87. The van der Waals surface area contributed by atoms with Crippen LogP contribution in [0, 0.1) is 13.8 Å². The molecule has 7 heteroatoms. The molecule has 1 unspecified atom stereocenters. The van der Waals surface area contributed by atoms with Crippen LogP contribution in [0.25, 0.3) is 0 Å². The number of rotatable bonds is 6. The molecule has 1 aromatic heterocycles. The van der Waals surface area contributed by atoms with Crippen molar-refractivity contribution in [3.05, 3.63) is 16.4 Å². The summed E-state index contributed by atoms with van der Waals surface area (Å²) in [5, 5.41) is 17.1. The normalized spacial score (nSPS) is 12.8. The maximum absolute atomic E-state index is 11.7. The summed E-state index contributed by atoms with van der Waals surface area (Å²) in [4.78, 5) is 13.6. The van der Waals surface area contributed by atoms with Crippen LogP contribution in [0.3, 0.4) is 0 Å². The van der Waals surface area contributed by atoms with Gasteiger partial charge in [-0.2, -0.15) is 5.10 Å². The summed E-state index contributed by atoms with van der Waals surface area (Å²) < 4.78 is 1.56. The number of hydrogen-bond donors (Lipinski definition) is 2. The number of likely N-dealkylation sites (N-methyl/N-ethyl adjacent to an activating group) is 1. The maximum Gasteiger partial charge on any atom is 0.241 e. The highest BCUT2D eigenvalue weighted by Gasteiger charge is 2.13. The molecule has 0 spiro atoms. The number of aliphatic hydroxyl groups is 1. The first-order valence-corrected chi connectivity index (χ1v) is 6.48. The maximum atomic E-state index is 11.7. The zero-order chi connectivity index (χ0) is 14.6. The zero-order valence-corrected chi connectivity index (χ0v) is 12.5. The second kappa shape index (κ2) is 6.88. The third-order valence-electron chi connectivity index (χ3n) is 2.70. The summed E-state index contributed by atoms with van der Waals surface area (Å²) in [6.45, 7) is 4.45. The molecule has 0 aliphatic rings. The number of amides is 1. The van der Waals surface area contributed by atoms with E-state index in [1.165, 1.54) is 0 Å². The van der Waals surface area contributed by atoms with Gasteiger partial charge in [0.15, 0.2) is 0 Å². The van der Waals surface area contributed by atoms with Crippen molar-refractivity contribution in [3.8, 4) is 0 Å². The quantitative estimate of drug-likeness (QED) is 0.784. The van der Waals surface area contributed by atoms with Crippen LogP contribution in [-0.2, 0) is 11.3 Å². The lowest BCUT2D eigenvalue weighted by Crippen LogP contribution is -2.39. The van der Waals surface area contributed by atoms with E-state index in [4.69, 9.17) is 11.6 Å². The van der Waals surface area contributed by atoms with E-state index >= 15 is 0 Å². The monoisotopic (exact) mass is 288 g/mol. The van der Waals surface area contributed by atoms with Gasteiger partial charge in [0.2, 0.25) is 5.91 Å².